The van der Waals surface area contributed by atoms with Gasteiger partial charge in [0.15, 0.2) is 10.1 Å². The second kappa shape index (κ2) is 3.37. The summed E-state index contributed by atoms with van der Waals surface area (Å²) in [5.74, 6) is 4.82. The first-order valence-electron chi connectivity index (χ1n) is 3.84. The average molecular weight is 230 g/mol. The molecule has 1 aromatic carbocycles. The van der Waals surface area contributed by atoms with Crippen LogP contribution in [0.2, 0.25) is 5.02 Å². The second-order valence-corrected chi connectivity index (χ2v) is 3.15. The Labute approximate surface area is 87.8 Å². The summed E-state index contributed by atoms with van der Waals surface area (Å²) in [5.41, 5.74) is 0.288. The van der Waals surface area contributed by atoms with Crippen molar-refractivity contribution in [2.24, 2.45) is 5.90 Å². The van der Waals surface area contributed by atoms with E-state index in [0.29, 0.717) is 9.75 Å². The van der Waals surface area contributed by atoms with Crippen molar-refractivity contribution in [3.8, 4) is 6.01 Å². The molecule has 7 nitrogen and oxygen atoms in total. The van der Waals surface area contributed by atoms with E-state index in [2.05, 4.69) is 9.94 Å². The summed E-state index contributed by atoms with van der Waals surface area (Å²) in [5, 5.41) is 13.2. The van der Waals surface area contributed by atoms with E-state index < -0.39 is 6.01 Å². The van der Waals surface area contributed by atoms with Crippen LogP contribution in [0.1, 0.15) is 0 Å². The average Bonchev–Trinajstić information content (AvgIpc) is 2.23. The van der Waals surface area contributed by atoms with Crippen molar-refractivity contribution < 1.29 is 14.6 Å². The third-order valence-electron chi connectivity index (χ3n) is 1.83. The topological polar surface area (TPSA) is 96.3 Å². The van der Waals surface area contributed by atoms with Crippen LogP contribution in [-0.4, -0.2) is 15.0 Å². The van der Waals surface area contributed by atoms with Gasteiger partial charge in [0, 0.05) is 11.1 Å². The van der Waals surface area contributed by atoms with Gasteiger partial charge in [-0.25, -0.2) is 0 Å². The molecule has 15 heavy (non-hydrogen) atoms. The molecule has 0 spiro atoms. The first-order chi connectivity index (χ1) is 7.13. The van der Waals surface area contributed by atoms with Crippen LogP contribution in [0.25, 0.3) is 11.0 Å². The molecule has 0 fully saturated rings. The van der Waals surface area contributed by atoms with Gasteiger partial charge >= 0.3 is 11.5 Å². The van der Waals surface area contributed by atoms with Gasteiger partial charge in [-0.3, -0.25) is 0 Å². The Morgan fingerprint density at radius 3 is 3.00 bits per heavy atom. The number of aromatic nitrogens is 3. The van der Waals surface area contributed by atoms with Crippen molar-refractivity contribution in [2.75, 3.05) is 0 Å². The van der Waals surface area contributed by atoms with Crippen LogP contribution in [-0.2, 0) is 0 Å². The van der Waals surface area contributed by atoms with Gasteiger partial charge in [-0.2, -0.15) is 5.90 Å². The Morgan fingerprint density at radius 1 is 1.60 bits per heavy atom. The van der Waals surface area contributed by atoms with Crippen LogP contribution in [0.15, 0.2) is 18.2 Å². The lowest BCUT2D eigenvalue weighted by molar-refractivity contribution is -0.538. The highest BCUT2D eigenvalue weighted by Gasteiger charge is 2.18. The molecule has 0 aliphatic carbocycles. The molecule has 0 saturated carbocycles. The smallest absolute Gasteiger partial charge is 0.417 e. The number of hydrogen-bond donors (Lipinski definition) is 2. The molecule has 78 valence electrons. The minimum absolute atomic E-state index is 0.103. The Kier molecular flexibility index (Phi) is 2.18. The highest BCUT2D eigenvalue weighted by Crippen LogP contribution is 2.17. The summed E-state index contributed by atoms with van der Waals surface area (Å²) in [6, 6.07) is 3.90. The lowest BCUT2D eigenvalue weighted by atomic mass is 10.3. The maximum atomic E-state index is 11.3. The Balaban J connectivity index is 2.93. The van der Waals surface area contributed by atoms with Crippen LogP contribution in [0.5, 0.6) is 6.01 Å². The Hall–Kier alpha value is -1.86. The van der Waals surface area contributed by atoms with Crippen molar-refractivity contribution >= 4 is 22.6 Å². The zero-order chi connectivity index (χ0) is 11.0. The maximum Gasteiger partial charge on any atom is 0.417 e. The lowest BCUT2D eigenvalue weighted by Gasteiger charge is -2.01. The molecule has 0 unspecified atom stereocenters. The molecule has 8 heteroatoms. The fourth-order valence-electron chi connectivity index (χ4n) is 1.18. The molecule has 0 amide bonds. The van der Waals surface area contributed by atoms with E-state index in [1.54, 1.807) is 0 Å². The van der Waals surface area contributed by atoms with Crippen LogP contribution < -0.4 is 15.3 Å². The summed E-state index contributed by atoms with van der Waals surface area (Å²) in [6.07, 6.45) is 0. The van der Waals surface area contributed by atoms with Gasteiger partial charge in [-0.05, 0) is 12.1 Å². The van der Waals surface area contributed by atoms with Gasteiger partial charge < -0.3 is 10.0 Å². The summed E-state index contributed by atoms with van der Waals surface area (Å²) in [7, 11) is 0. The van der Waals surface area contributed by atoms with Crippen LogP contribution in [0.4, 0.5) is 0 Å². The predicted octanol–water partition coefficient (Wildman–Crippen LogP) is 0.0940. The number of nitrogens with zero attached hydrogens (tertiary/aromatic N) is 3. The van der Waals surface area contributed by atoms with Gasteiger partial charge in [0.25, 0.3) is 0 Å². The van der Waals surface area contributed by atoms with E-state index >= 15 is 0 Å². The Bertz CT molecular complexity index is 582. The summed E-state index contributed by atoms with van der Waals surface area (Å²) in [6.45, 7) is 0. The first kappa shape index (κ1) is 9.69. The molecule has 2 rings (SSSR count). The standard InChI is InChI=1S/C7H6ClN4O3/c8-4-1-2-5-6(3-4)12(14)10-7(15-9)11(5)13/h1-3,13H,9H2/q+1. The number of halogens is 1. The first-order valence-corrected chi connectivity index (χ1v) is 4.22. The number of benzene rings is 1. The lowest BCUT2D eigenvalue weighted by Crippen LogP contribution is -2.26. The SMILES string of the molecule is NOc1n[n+](=O)c2cc(Cl)ccc2n1O. The monoisotopic (exact) mass is 229 g/mol. The molecule has 0 bridgehead atoms. The number of nitrogens with two attached hydrogens (primary N) is 1. The summed E-state index contributed by atoms with van der Waals surface area (Å²) >= 11 is 5.69. The molecule has 1 aromatic heterocycles. The van der Waals surface area contributed by atoms with Gasteiger partial charge in [0.05, 0.1) is 4.91 Å². The van der Waals surface area contributed by atoms with E-state index in [9.17, 15) is 10.1 Å². The Morgan fingerprint density at radius 2 is 2.33 bits per heavy atom. The van der Waals surface area contributed by atoms with Gasteiger partial charge in [-0.1, -0.05) is 11.6 Å². The zero-order valence-electron chi connectivity index (χ0n) is 7.29. The van der Waals surface area contributed by atoms with Crippen molar-refractivity contribution in [2.45, 2.75) is 0 Å². The highest BCUT2D eigenvalue weighted by molar-refractivity contribution is 6.31. The maximum absolute atomic E-state index is 11.3. The molecule has 0 aliphatic rings. The van der Waals surface area contributed by atoms with E-state index in [4.69, 9.17) is 17.5 Å². The van der Waals surface area contributed by atoms with E-state index in [0.717, 1.165) is 0 Å². The molecular weight excluding hydrogens is 224 g/mol. The molecular formula is C7H6ClN4O3+. The third kappa shape index (κ3) is 1.47. The van der Waals surface area contributed by atoms with Crippen molar-refractivity contribution in [1.82, 2.24) is 9.83 Å². The largest absolute Gasteiger partial charge is 0.423 e. The molecule has 3 N–H and O–H groups in total. The molecule has 1 heterocycles. The quantitative estimate of drug-likeness (QED) is 0.411. The molecule has 2 aromatic rings. The van der Waals surface area contributed by atoms with Crippen LogP contribution >= 0.6 is 11.6 Å². The van der Waals surface area contributed by atoms with E-state index in [1.807, 2.05) is 0 Å². The van der Waals surface area contributed by atoms with Crippen LogP contribution in [0, 0.1) is 4.91 Å². The summed E-state index contributed by atoms with van der Waals surface area (Å²) in [4.78, 5) is 15.6. The van der Waals surface area contributed by atoms with E-state index in [1.165, 1.54) is 18.2 Å². The fourth-order valence-corrected chi connectivity index (χ4v) is 1.35. The summed E-state index contributed by atoms with van der Waals surface area (Å²) < 4.78 is 0.816. The minimum Gasteiger partial charge on any atom is -0.423 e. The third-order valence-corrected chi connectivity index (χ3v) is 2.07. The normalized spacial score (nSPS) is 10.5. The van der Waals surface area contributed by atoms with E-state index in [-0.39, 0.29) is 15.6 Å². The molecule has 0 atom stereocenters. The van der Waals surface area contributed by atoms with Gasteiger partial charge in [0.2, 0.25) is 0 Å². The molecule has 0 radical (unpaired) electrons. The number of rotatable bonds is 1. The van der Waals surface area contributed by atoms with Gasteiger partial charge in [-0.15, -0.1) is 4.73 Å². The highest BCUT2D eigenvalue weighted by atomic mass is 35.5. The molecule has 0 saturated heterocycles. The minimum atomic E-state index is -0.417. The zero-order valence-corrected chi connectivity index (χ0v) is 8.05. The van der Waals surface area contributed by atoms with Crippen LogP contribution in [0.3, 0.4) is 0 Å². The van der Waals surface area contributed by atoms with Crippen molar-refractivity contribution in [1.29, 1.82) is 0 Å². The predicted molar refractivity (Wildman–Crippen MR) is 50.1 cm³/mol. The number of fused-ring (bicyclic) bond motifs is 1. The second-order valence-electron chi connectivity index (χ2n) is 2.72. The van der Waals surface area contributed by atoms with Crippen molar-refractivity contribution in [3.63, 3.8) is 0 Å². The molecule has 0 aliphatic heterocycles. The van der Waals surface area contributed by atoms with Crippen molar-refractivity contribution in [3.05, 3.63) is 28.1 Å². The van der Waals surface area contributed by atoms with Gasteiger partial charge in [0.1, 0.15) is 5.10 Å². The number of hydrogen-bond acceptors (Lipinski definition) is 5. The fraction of sp³-hybridized carbons (Fsp3) is 0.